The Morgan fingerprint density at radius 2 is 1.75 bits per heavy atom. The summed E-state index contributed by atoms with van der Waals surface area (Å²) >= 11 is 0. The molecule has 0 bridgehead atoms. The molecule has 3 rings (SSSR count). The lowest BCUT2D eigenvalue weighted by Crippen LogP contribution is -2.38. The first kappa shape index (κ1) is 23.6. The maximum Gasteiger partial charge on any atom is 0.345 e. The number of methoxy groups -OCH3 is 4. The molecule has 1 aliphatic heterocycles. The van der Waals surface area contributed by atoms with Crippen LogP contribution in [-0.2, 0) is 17.8 Å². The third-order valence-corrected chi connectivity index (χ3v) is 5.86. The van der Waals surface area contributed by atoms with Crippen molar-refractivity contribution >= 4 is 5.91 Å². The van der Waals surface area contributed by atoms with Crippen molar-refractivity contribution in [2.45, 2.75) is 38.8 Å². The monoisotopic (exact) mass is 448 g/mol. The van der Waals surface area contributed by atoms with Crippen LogP contribution in [0.25, 0.3) is 0 Å². The molecular formula is C22H32N4O6. The van der Waals surface area contributed by atoms with Gasteiger partial charge < -0.3 is 23.8 Å². The smallest absolute Gasteiger partial charge is 0.345 e. The molecule has 0 spiro atoms. The van der Waals surface area contributed by atoms with E-state index in [9.17, 15) is 9.59 Å². The fourth-order valence-corrected chi connectivity index (χ4v) is 4.16. The number of carbonyl (C=O) groups excluding carboxylic acids is 1. The highest BCUT2D eigenvalue weighted by Gasteiger charge is 2.31. The number of hydrogen-bond acceptors (Lipinski definition) is 7. The lowest BCUT2D eigenvalue weighted by Gasteiger charge is -2.32. The van der Waals surface area contributed by atoms with Crippen LogP contribution in [0.5, 0.6) is 17.2 Å². The van der Waals surface area contributed by atoms with Crippen LogP contribution in [0, 0.1) is 0 Å². The fraction of sp³-hybridized carbons (Fsp3) is 0.591. The standard InChI is InChI=1S/C22H32N4O6/c1-6-25-20(23-26(22(25)28)13-14-29-2)15-9-11-24(12-10-15)21(27)16-7-8-17(30-3)19(32-5)18(16)31-4/h7-8,15H,6,9-14H2,1-5H3. The Balaban J connectivity index is 1.77. The molecule has 1 fully saturated rings. The maximum atomic E-state index is 13.3. The number of nitrogens with zero attached hydrogens (tertiary/aromatic N) is 4. The molecule has 10 nitrogen and oxygen atoms in total. The number of rotatable bonds is 9. The lowest BCUT2D eigenvalue weighted by atomic mass is 9.95. The van der Waals surface area contributed by atoms with Crippen LogP contribution in [0.2, 0.25) is 0 Å². The molecule has 1 amide bonds. The summed E-state index contributed by atoms with van der Waals surface area (Å²) in [7, 11) is 6.16. The number of carbonyl (C=O) groups is 1. The SMILES string of the molecule is CCn1c(C2CCN(C(=O)c3ccc(OC)c(OC)c3OC)CC2)nn(CCOC)c1=O. The number of likely N-dealkylation sites (tertiary alicyclic amines) is 1. The van der Waals surface area contributed by atoms with E-state index >= 15 is 0 Å². The summed E-state index contributed by atoms with van der Waals surface area (Å²) in [5, 5.41) is 4.57. The number of amides is 1. The van der Waals surface area contributed by atoms with Gasteiger partial charge in [0.2, 0.25) is 5.75 Å². The Bertz CT molecular complexity index is 991. The molecule has 0 unspecified atom stereocenters. The molecule has 0 atom stereocenters. The van der Waals surface area contributed by atoms with Crippen molar-refractivity contribution in [1.82, 2.24) is 19.2 Å². The van der Waals surface area contributed by atoms with Crippen molar-refractivity contribution < 1.29 is 23.7 Å². The molecule has 0 aliphatic carbocycles. The van der Waals surface area contributed by atoms with Crippen LogP contribution >= 0.6 is 0 Å². The second-order valence-electron chi connectivity index (χ2n) is 7.55. The topological polar surface area (TPSA) is 97.1 Å². The quantitative estimate of drug-likeness (QED) is 0.577. The minimum absolute atomic E-state index is 0.114. The lowest BCUT2D eigenvalue weighted by molar-refractivity contribution is 0.0706. The number of hydrogen-bond donors (Lipinski definition) is 0. The van der Waals surface area contributed by atoms with E-state index in [1.54, 1.807) is 28.7 Å². The number of ether oxygens (including phenoxy) is 4. The van der Waals surface area contributed by atoms with Gasteiger partial charge in [-0.05, 0) is 31.9 Å². The predicted octanol–water partition coefficient (Wildman–Crippen LogP) is 1.76. The normalized spacial score (nSPS) is 14.5. The number of benzene rings is 1. The van der Waals surface area contributed by atoms with Crippen LogP contribution < -0.4 is 19.9 Å². The van der Waals surface area contributed by atoms with E-state index in [-0.39, 0.29) is 17.5 Å². The van der Waals surface area contributed by atoms with Crippen molar-refractivity contribution in [3.8, 4) is 17.2 Å². The van der Waals surface area contributed by atoms with Crippen molar-refractivity contribution in [2.24, 2.45) is 0 Å². The van der Waals surface area contributed by atoms with Crippen LogP contribution in [-0.4, -0.2) is 73.3 Å². The molecule has 176 valence electrons. The van der Waals surface area contributed by atoms with Crippen LogP contribution in [0.4, 0.5) is 0 Å². The largest absolute Gasteiger partial charge is 0.493 e. The molecular weight excluding hydrogens is 416 g/mol. The Morgan fingerprint density at radius 1 is 1.06 bits per heavy atom. The van der Waals surface area contributed by atoms with E-state index in [1.165, 1.54) is 26.0 Å². The Morgan fingerprint density at radius 3 is 2.31 bits per heavy atom. The van der Waals surface area contributed by atoms with E-state index in [0.717, 1.165) is 18.7 Å². The van der Waals surface area contributed by atoms with Crippen molar-refractivity contribution in [2.75, 3.05) is 48.1 Å². The summed E-state index contributed by atoms with van der Waals surface area (Å²) in [6, 6.07) is 3.40. The van der Waals surface area contributed by atoms with Gasteiger partial charge in [-0.1, -0.05) is 0 Å². The molecule has 10 heteroatoms. The average molecular weight is 449 g/mol. The van der Waals surface area contributed by atoms with Crippen molar-refractivity contribution in [3.05, 3.63) is 34.0 Å². The first-order valence-corrected chi connectivity index (χ1v) is 10.7. The van der Waals surface area contributed by atoms with E-state index in [1.807, 2.05) is 6.92 Å². The molecule has 32 heavy (non-hydrogen) atoms. The molecule has 0 N–H and O–H groups in total. The minimum Gasteiger partial charge on any atom is -0.493 e. The van der Waals surface area contributed by atoms with Crippen molar-refractivity contribution in [3.63, 3.8) is 0 Å². The molecule has 2 heterocycles. The van der Waals surface area contributed by atoms with Crippen LogP contribution in [0.3, 0.4) is 0 Å². The van der Waals surface area contributed by atoms with E-state index in [4.69, 9.17) is 18.9 Å². The molecule has 0 saturated carbocycles. The summed E-state index contributed by atoms with van der Waals surface area (Å²) in [4.78, 5) is 27.7. The zero-order chi connectivity index (χ0) is 23.3. The zero-order valence-electron chi connectivity index (χ0n) is 19.4. The Hall–Kier alpha value is -3.01. The molecule has 1 aliphatic rings. The summed E-state index contributed by atoms with van der Waals surface area (Å²) in [6.07, 6.45) is 1.45. The number of piperidine rings is 1. The van der Waals surface area contributed by atoms with Gasteiger partial charge in [0.05, 0.1) is 40.0 Å². The highest BCUT2D eigenvalue weighted by molar-refractivity contribution is 5.98. The van der Waals surface area contributed by atoms with E-state index in [2.05, 4.69) is 5.10 Å². The fourth-order valence-electron chi connectivity index (χ4n) is 4.16. The summed E-state index contributed by atoms with van der Waals surface area (Å²) in [6.45, 7) is 4.47. The van der Waals surface area contributed by atoms with E-state index in [0.29, 0.717) is 55.6 Å². The van der Waals surface area contributed by atoms with Gasteiger partial charge in [-0.3, -0.25) is 9.36 Å². The second-order valence-corrected chi connectivity index (χ2v) is 7.55. The molecule has 2 aromatic rings. The Kier molecular flexibility index (Phi) is 7.79. The highest BCUT2D eigenvalue weighted by atomic mass is 16.5. The highest BCUT2D eigenvalue weighted by Crippen LogP contribution is 2.40. The maximum absolute atomic E-state index is 13.3. The minimum atomic E-state index is -0.125. The molecule has 1 saturated heterocycles. The third-order valence-electron chi connectivity index (χ3n) is 5.86. The van der Waals surface area contributed by atoms with Gasteiger partial charge in [0, 0.05) is 32.7 Å². The van der Waals surface area contributed by atoms with Gasteiger partial charge in [0.15, 0.2) is 11.5 Å². The van der Waals surface area contributed by atoms with Crippen molar-refractivity contribution in [1.29, 1.82) is 0 Å². The first-order chi connectivity index (χ1) is 15.5. The number of aromatic nitrogens is 3. The summed E-state index contributed by atoms with van der Waals surface area (Å²) < 4.78 is 24.5. The van der Waals surface area contributed by atoms with E-state index < -0.39 is 0 Å². The predicted molar refractivity (Wildman–Crippen MR) is 118 cm³/mol. The Labute approximate surface area is 187 Å². The second kappa shape index (κ2) is 10.5. The average Bonchev–Trinajstić information content (AvgIpc) is 3.16. The van der Waals surface area contributed by atoms with Crippen LogP contribution in [0.1, 0.15) is 41.9 Å². The van der Waals surface area contributed by atoms with Gasteiger partial charge in [-0.2, -0.15) is 5.10 Å². The molecule has 1 aromatic carbocycles. The molecule has 1 aromatic heterocycles. The van der Waals surface area contributed by atoms with Gasteiger partial charge in [0.1, 0.15) is 5.82 Å². The zero-order valence-corrected chi connectivity index (χ0v) is 19.4. The summed E-state index contributed by atoms with van der Waals surface area (Å²) in [5.74, 6) is 2.02. The van der Waals surface area contributed by atoms with Gasteiger partial charge in [-0.25, -0.2) is 9.48 Å². The van der Waals surface area contributed by atoms with Gasteiger partial charge in [-0.15, -0.1) is 0 Å². The molecule has 0 radical (unpaired) electrons. The van der Waals surface area contributed by atoms with Crippen LogP contribution in [0.15, 0.2) is 16.9 Å². The summed E-state index contributed by atoms with van der Waals surface area (Å²) in [5.41, 5.74) is 0.311. The van der Waals surface area contributed by atoms with Gasteiger partial charge >= 0.3 is 5.69 Å². The third kappa shape index (κ3) is 4.45. The van der Waals surface area contributed by atoms with Gasteiger partial charge in [0.25, 0.3) is 5.91 Å². The first-order valence-electron chi connectivity index (χ1n) is 10.7.